The molecule has 0 spiro atoms. The molecule has 104 valence electrons. The topological polar surface area (TPSA) is 55.1 Å². The van der Waals surface area contributed by atoms with Crippen LogP contribution in [0.25, 0.3) is 0 Å². The van der Waals surface area contributed by atoms with Crippen molar-refractivity contribution in [1.82, 2.24) is 5.32 Å². The molecule has 0 aliphatic heterocycles. The zero-order chi connectivity index (χ0) is 13.8. The van der Waals surface area contributed by atoms with Crippen LogP contribution in [0.15, 0.2) is 22.7 Å². The zero-order valence-corrected chi connectivity index (χ0v) is 12.2. The first-order chi connectivity index (χ1) is 9.11. The maximum absolute atomic E-state index is 13.1. The van der Waals surface area contributed by atoms with Crippen LogP contribution in [0.4, 0.5) is 4.39 Å². The van der Waals surface area contributed by atoms with Crippen LogP contribution in [0.1, 0.15) is 24.8 Å². The zero-order valence-electron chi connectivity index (χ0n) is 10.7. The second-order valence-electron chi connectivity index (χ2n) is 4.99. The van der Waals surface area contributed by atoms with E-state index in [1.54, 1.807) is 6.07 Å². The minimum absolute atomic E-state index is 0.0114. The number of halogens is 2. The molecule has 0 heterocycles. The molecule has 1 amide bonds. The molecule has 1 aromatic carbocycles. The molecule has 0 unspecified atom stereocenters. The molecule has 1 aromatic rings. The lowest BCUT2D eigenvalue weighted by Gasteiger charge is -2.17. The van der Waals surface area contributed by atoms with Crippen LogP contribution >= 0.6 is 15.9 Å². The maximum Gasteiger partial charge on any atom is 0.223 e. The van der Waals surface area contributed by atoms with Gasteiger partial charge < -0.3 is 11.1 Å². The van der Waals surface area contributed by atoms with Gasteiger partial charge in [0.05, 0.1) is 0 Å². The first-order valence-corrected chi connectivity index (χ1v) is 7.33. The van der Waals surface area contributed by atoms with Crippen LogP contribution < -0.4 is 11.1 Å². The van der Waals surface area contributed by atoms with Gasteiger partial charge in [-0.1, -0.05) is 22.4 Å². The van der Waals surface area contributed by atoms with E-state index >= 15 is 0 Å². The minimum Gasteiger partial charge on any atom is -0.352 e. The van der Waals surface area contributed by atoms with Crippen LogP contribution in [-0.2, 0) is 11.3 Å². The molecule has 1 aliphatic carbocycles. The monoisotopic (exact) mass is 328 g/mol. The second-order valence-corrected chi connectivity index (χ2v) is 5.84. The average molecular weight is 329 g/mol. The van der Waals surface area contributed by atoms with Crippen LogP contribution in [0, 0.1) is 17.7 Å². The Morgan fingerprint density at radius 3 is 3.00 bits per heavy atom. The molecule has 1 saturated carbocycles. The van der Waals surface area contributed by atoms with E-state index in [2.05, 4.69) is 21.2 Å². The number of hydrogen-bond acceptors (Lipinski definition) is 2. The highest BCUT2D eigenvalue weighted by atomic mass is 79.9. The summed E-state index contributed by atoms with van der Waals surface area (Å²) in [6, 6.07) is 4.46. The first-order valence-electron chi connectivity index (χ1n) is 6.53. The molecular formula is C14H18BrFN2O. The van der Waals surface area contributed by atoms with Crippen molar-refractivity contribution in [1.29, 1.82) is 0 Å². The number of benzene rings is 1. The average Bonchev–Trinajstić information content (AvgIpc) is 2.88. The van der Waals surface area contributed by atoms with Gasteiger partial charge in [-0.3, -0.25) is 4.79 Å². The molecule has 3 N–H and O–H groups in total. The SMILES string of the molecule is NC[C@H]1CCC[C@H]1C(=O)NCc1cc(F)ccc1Br. The van der Waals surface area contributed by atoms with E-state index in [0.717, 1.165) is 29.3 Å². The molecule has 3 nitrogen and oxygen atoms in total. The second kappa shape index (κ2) is 6.48. The van der Waals surface area contributed by atoms with Gasteiger partial charge in [0, 0.05) is 16.9 Å². The van der Waals surface area contributed by atoms with E-state index in [4.69, 9.17) is 5.73 Å². The third-order valence-electron chi connectivity index (χ3n) is 3.76. The molecule has 5 heteroatoms. The lowest BCUT2D eigenvalue weighted by Crippen LogP contribution is -2.34. The predicted molar refractivity (Wildman–Crippen MR) is 75.8 cm³/mol. The van der Waals surface area contributed by atoms with E-state index in [1.165, 1.54) is 12.1 Å². The summed E-state index contributed by atoms with van der Waals surface area (Å²) in [6.45, 7) is 0.896. The standard InChI is InChI=1S/C14H18BrFN2O/c15-13-5-4-11(16)6-10(13)8-18-14(19)12-3-1-2-9(12)7-17/h4-6,9,12H,1-3,7-8,17H2,(H,18,19)/t9-,12-/m1/s1. The highest BCUT2D eigenvalue weighted by Crippen LogP contribution is 2.31. The number of amides is 1. The third-order valence-corrected chi connectivity index (χ3v) is 4.53. The van der Waals surface area contributed by atoms with Gasteiger partial charge >= 0.3 is 0 Å². The van der Waals surface area contributed by atoms with E-state index < -0.39 is 0 Å². The number of carbonyl (C=O) groups is 1. The summed E-state index contributed by atoms with van der Waals surface area (Å²) in [5.41, 5.74) is 6.42. The molecule has 0 radical (unpaired) electrons. The Hall–Kier alpha value is -0.940. The highest BCUT2D eigenvalue weighted by molar-refractivity contribution is 9.10. The van der Waals surface area contributed by atoms with Crippen LogP contribution in [0.2, 0.25) is 0 Å². The molecule has 19 heavy (non-hydrogen) atoms. The molecule has 0 saturated heterocycles. The summed E-state index contributed by atoms with van der Waals surface area (Å²) >= 11 is 3.35. The van der Waals surface area contributed by atoms with Gasteiger partial charge in [-0.25, -0.2) is 4.39 Å². The van der Waals surface area contributed by atoms with Crippen molar-refractivity contribution in [3.63, 3.8) is 0 Å². The smallest absolute Gasteiger partial charge is 0.223 e. The predicted octanol–water partition coefficient (Wildman–Crippen LogP) is 2.58. The Labute approximate surface area is 120 Å². The fourth-order valence-corrected chi connectivity index (χ4v) is 3.04. The Morgan fingerprint density at radius 1 is 1.47 bits per heavy atom. The van der Waals surface area contributed by atoms with Crippen LogP contribution in [0.3, 0.4) is 0 Å². The fraction of sp³-hybridized carbons (Fsp3) is 0.500. The van der Waals surface area contributed by atoms with Crippen molar-refractivity contribution in [2.75, 3.05) is 6.54 Å². The highest BCUT2D eigenvalue weighted by Gasteiger charge is 2.31. The van der Waals surface area contributed by atoms with E-state index in [1.807, 2.05) is 0 Å². The Balaban J connectivity index is 1.95. The van der Waals surface area contributed by atoms with Gasteiger partial charge in [0.15, 0.2) is 0 Å². The Morgan fingerprint density at radius 2 is 2.26 bits per heavy atom. The van der Waals surface area contributed by atoms with E-state index in [9.17, 15) is 9.18 Å². The largest absolute Gasteiger partial charge is 0.352 e. The normalized spacial score (nSPS) is 22.5. The van der Waals surface area contributed by atoms with Gasteiger partial charge in [0.2, 0.25) is 5.91 Å². The first kappa shape index (κ1) is 14.5. The summed E-state index contributed by atoms with van der Waals surface area (Å²) in [5, 5.41) is 2.88. The summed E-state index contributed by atoms with van der Waals surface area (Å²) in [6.07, 6.45) is 2.99. The minimum atomic E-state index is -0.298. The number of nitrogens with two attached hydrogens (primary N) is 1. The van der Waals surface area contributed by atoms with Gasteiger partial charge in [-0.15, -0.1) is 0 Å². The van der Waals surface area contributed by atoms with Crippen molar-refractivity contribution in [3.8, 4) is 0 Å². The summed E-state index contributed by atoms with van der Waals surface area (Å²) in [5.74, 6) is 0.0329. The molecule has 0 aromatic heterocycles. The molecular weight excluding hydrogens is 311 g/mol. The lowest BCUT2D eigenvalue weighted by atomic mass is 9.95. The quantitative estimate of drug-likeness (QED) is 0.892. The van der Waals surface area contributed by atoms with Gasteiger partial charge in [-0.05, 0) is 49.1 Å². The Bertz CT molecular complexity index is 467. The van der Waals surface area contributed by atoms with Gasteiger partial charge in [0.25, 0.3) is 0 Å². The van der Waals surface area contributed by atoms with Crippen LogP contribution in [0.5, 0.6) is 0 Å². The lowest BCUT2D eigenvalue weighted by molar-refractivity contribution is -0.126. The van der Waals surface area contributed by atoms with E-state index in [0.29, 0.717) is 13.1 Å². The van der Waals surface area contributed by atoms with Crippen molar-refractivity contribution >= 4 is 21.8 Å². The Kier molecular flexibility index (Phi) is 4.93. The fourth-order valence-electron chi connectivity index (χ4n) is 2.66. The number of nitrogens with one attached hydrogen (secondary N) is 1. The summed E-state index contributed by atoms with van der Waals surface area (Å²) in [4.78, 5) is 12.1. The van der Waals surface area contributed by atoms with Crippen molar-refractivity contribution < 1.29 is 9.18 Å². The van der Waals surface area contributed by atoms with E-state index in [-0.39, 0.29) is 23.6 Å². The summed E-state index contributed by atoms with van der Waals surface area (Å²) < 4.78 is 13.9. The maximum atomic E-state index is 13.1. The number of rotatable bonds is 4. The molecule has 0 bridgehead atoms. The van der Waals surface area contributed by atoms with Gasteiger partial charge in [0.1, 0.15) is 5.82 Å². The van der Waals surface area contributed by atoms with Crippen molar-refractivity contribution in [2.45, 2.75) is 25.8 Å². The summed E-state index contributed by atoms with van der Waals surface area (Å²) in [7, 11) is 0. The van der Waals surface area contributed by atoms with Crippen molar-refractivity contribution in [2.24, 2.45) is 17.6 Å². The van der Waals surface area contributed by atoms with Crippen LogP contribution in [-0.4, -0.2) is 12.5 Å². The third kappa shape index (κ3) is 3.54. The van der Waals surface area contributed by atoms with Crippen molar-refractivity contribution in [3.05, 3.63) is 34.1 Å². The number of hydrogen-bond donors (Lipinski definition) is 2. The molecule has 2 rings (SSSR count). The molecule has 1 aliphatic rings. The van der Waals surface area contributed by atoms with Gasteiger partial charge in [-0.2, -0.15) is 0 Å². The molecule has 2 atom stereocenters. The molecule has 1 fully saturated rings. The number of carbonyl (C=O) groups excluding carboxylic acids is 1.